The Morgan fingerprint density at radius 3 is 2.67 bits per heavy atom. The Balaban J connectivity index is 2.16. The molecule has 2 rings (SSSR count). The van der Waals surface area contributed by atoms with Crippen molar-refractivity contribution >= 4 is 17.7 Å². The molecule has 7 nitrogen and oxygen atoms in total. The molecule has 0 amide bonds. The van der Waals surface area contributed by atoms with Crippen LogP contribution in [0, 0.1) is 0 Å². The van der Waals surface area contributed by atoms with Gasteiger partial charge in [0.1, 0.15) is 11.4 Å². The lowest BCUT2D eigenvalue weighted by atomic mass is 10.2. The zero-order valence-electron chi connectivity index (χ0n) is 14.1. The van der Waals surface area contributed by atoms with Gasteiger partial charge in [-0.2, -0.15) is 4.98 Å². The van der Waals surface area contributed by atoms with Crippen molar-refractivity contribution in [2.75, 3.05) is 29.9 Å². The number of rotatable bonds is 9. The fourth-order valence-electron chi connectivity index (χ4n) is 2.27. The molecule has 2 N–H and O–H groups in total. The van der Waals surface area contributed by atoms with E-state index in [0.717, 1.165) is 25.9 Å². The number of nitrogens with zero attached hydrogens (tertiary/aromatic N) is 4. The largest absolute Gasteiger partial charge is 0.477 e. The molecule has 2 heterocycles. The third-order valence-corrected chi connectivity index (χ3v) is 3.63. The first-order valence-corrected chi connectivity index (χ1v) is 8.13. The van der Waals surface area contributed by atoms with Gasteiger partial charge in [-0.3, -0.25) is 4.98 Å². The van der Waals surface area contributed by atoms with Crippen molar-refractivity contribution in [2.45, 2.75) is 26.7 Å². The third-order valence-electron chi connectivity index (χ3n) is 3.63. The zero-order valence-corrected chi connectivity index (χ0v) is 14.1. The lowest BCUT2D eigenvalue weighted by Gasteiger charge is -2.21. The van der Waals surface area contributed by atoms with Crippen molar-refractivity contribution in [1.29, 1.82) is 0 Å². The molecular formula is C17H23N5O2. The first kappa shape index (κ1) is 17.7. The fourth-order valence-corrected chi connectivity index (χ4v) is 2.27. The van der Waals surface area contributed by atoms with E-state index in [9.17, 15) is 9.90 Å². The molecular weight excluding hydrogens is 306 g/mol. The maximum atomic E-state index is 11.3. The van der Waals surface area contributed by atoms with Crippen LogP contribution in [-0.4, -0.2) is 45.7 Å². The number of aromatic carboxylic acids is 1. The second kappa shape index (κ2) is 8.81. The standard InChI is InChI=1S/C17H23N5O2/c1-3-8-19-15-14(16(23)24)12-20-17(21-15)22(4-2)11-7-13-5-9-18-10-6-13/h5-6,9-10,12H,3-4,7-8,11H2,1-2H3,(H,23,24)(H,19,20,21). The van der Waals surface area contributed by atoms with Gasteiger partial charge in [0.05, 0.1) is 0 Å². The molecule has 0 spiro atoms. The number of nitrogens with one attached hydrogen (secondary N) is 1. The minimum absolute atomic E-state index is 0.0948. The Kier molecular flexibility index (Phi) is 6.48. The van der Waals surface area contributed by atoms with Crippen LogP contribution >= 0.6 is 0 Å². The number of hydrogen-bond acceptors (Lipinski definition) is 6. The van der Waals surface area contributed by atoms with E-state index in [-0.39, 0.29) is 5.56 Å². The van der Waals surface area contributed by atoms with Crippen molar-refractivity contribution in [3.8, 4) is 0 Å². The second-order valence-electron chi connectivity index (χ2n) is 5.35. The lowest BCUT2D eigenvalue weighted by molar-refractivity contribution is 0.0697. The van der Waals surface area contributed by atoms with E-state index >= 15 is 0 Å². The van der Waals surface area contributed by atoms with Crippen molar-refractivity contribution in [2.24, 2.45) is 0 Å². The monoisotopic (exact) mass is 329 g/mol. The highest BCUT2D eigenvalue weighted by Crippen LogP contribution is 2.17. The van der Waals surface area contributed by atoms with Gasteiger partial charge < -0.3 is 15.3 Å². The first-order chi connectivity index (χ1) is 11.7. The van der Waals surface area contributed by atoms with Crippen molar-refractivity contribution in [1.82, 2.24) is 15.0 Å². The molecule has 0 aliphatic heterocycles. The molecule has 0 saturated carbocycles. The normalized spacial score (nSPS) is 10.4. The molecule has 0 radical (unpaired) electrons. The van der Waals surface area contributed by atoms with Crippen LogP contribution < -0.4 is 10.2 Å². The molecule has 7 heteroatoms. The van der Waals surface area contributed by atoms with Gasteiger partial charge in [0, 0.05) is 38.2 Å². The third kappa shape index (κ3) is 4.65. The molecule has 128 valence electrons. The number of carbonyl (C=O) groups is 1. The van der Waals surface area contributed by atoms with Crippen LogP contribution in [0.3, 0.4) is 0 Å². The molecule has 0 atom stereocenters. The van der Waals surface area contributed by atoms with Crippen molar-refractivity contribution in [3.05, 3.63) is 41.9 Å². The number of pyridine rings is 1. The first-order valence-electron chi connectivity index (χ1n) is 8.13. The predicted octanol–water partition coefficient (Wildman–Crippen LogP) is 2.46. The Labute approximate surface area is 141 Å². The minimum Gasteiger partial charge on any atom is -0.477 e. The number of aromatic nitrogens is 3. The maximum Gasteiger partial charge on any atom is 0.341 e. The van der Waals surface area contributed by atoms with E-state index in [1.54, 1.807) is 12.4 Å². The van der Waals surface area contributed by atoms with Gasteiger partial charge in [0.25, 0.3) is 0 Å². The zero-order chi connectivity index (χ0) is 17.4. The van der Waals surface area contributed by atoms with Crippen molar-refractivity contribution in [3.63, 3.8) is 0 Å². The lowest BCUT2D eigenvalue weighted by Crippen LogP contribution is -2.28. The summed E-state index contributed by atoms with van der Waals surface area (Å²) in [6, 6.07) is 3.97. The van der Waals surface area contributed by atoms with E-state index in [1.165, 1.54) is 11.8 Å². The van der Waals surface area contributed by atoms with Crippen LogP contribution in [0.4, 0.5) is 11.8 Å². The number of carboxylic acids is 1. The summed E-state index contributed by atoms with van der Waals surface area (Å²) in [5.41, 5.74) is 1.28. The highest BCUT2D eigenvalue weighted by Gasteiger charge is 2.16. The van der Waals surface area contributed by atoms with Crippen molar-refractivity contribution < 1.29 is 9.90 Å². The van der Waals surface area contributed by atoms with Crippen LogP contribution in [0.2, 0.25) is 0 Å². The molecule has 0 unspecified atom stereocenters. The summed E-state index contributed by atoms with van der Waals surface area (Å²) in [5, 5.41) is 12.3. The molecule has 0 fully saturated rings. The molecule has 2 aromatic heterocycles. The van der Waals surface area contributed by atoms with E-state index in [0.29, 0.717) is 18.3 Å². The summed E-state index contributed by atoms with van der Waals surface area (Å²) in [6.07, 6.45) is 6.65. The van der Waals surface area contributed by atoms with Crippen LogP contribution in [0.1, 0.15) is 36.2 Å². The highest BCUT2D eigenvalue weighted by molar-refractivity contribution is 5.92. The summed E-state index contributed by atoms with van der Waals surface area (Å²) >= 11 is 0. The van der Waals surface area contributed by atoms with E-state index in [1.807, 2.05) is 30.9 Å². The molecule has 0 aliphatic carbocycles. The molecule has 0 saturated heterocycles. The van der Waals surface area contributed by atoms with Gasteiger partial charge in [0.15, 0.2) is 0 Å². The van der Waals surface area contributed by atoms with E-state index in [4.69, 9.17) is 0 Å². The predicted molar refractivity (Wildman–Crippen MR) is 93.6 cm³/mol. The van der Waals surface area contributed by atoms with Gasteiger partial charge in [-0.25, -0.2) is 9.78 Å². The van der Waals surface area contributed by atoms with Gasteiger partial charge in [-0.05, 0) is 37.5 Å². The van der Waals surface area contributed by atoms with Crippen LogP contribution in [0.5, 0.6) is 0 Å². The molecule has 0 bridgehead atoms. The Hall–Kier alpha value is -2.70. The average molecular weight is 329 g/mol. The second-order valence-corrected chi connectivity index (χ2v) is 5.35. The summed E-state index contributed by atoms with van der Waals surface area (Å²) in [5.74, 6) is -0.119. The van der Waals surface area contributed by atoms with Crippen LogP contribution in [0.25, 0.3) is 0 Å². The van der Waals surface area contributed by atoms with Gasteiger partial charge in [-0.15, -0.1) is 0 Å². The van der Waals surface area contributed by atoms with Gasteiger partial charge in [0.2, 0.25) is 5.95 Å². The van der Waals surface area contributed by atoms with Gasteiger partial charge >= 0.3 is 5.97 Å². The Bertz CT molecular complexity index is 663. The molecule has 24 heavy (non-hydrogen) atoms. The van der Waals surface area contributed by atoms with E-state index < -0.39 is 5.97 Å². The SMILES string of the molecule is CCCNc1nc(N(CC)CCc2ccncc2)ncc1C(=O)O. The van der Waals surface area contributed by atoms with Crippen LogP contribution in [-0.2, 0) is 6.42 Å². The summed E-state index contributed by atoms with van der Waals surface area (Å²) in [7, 11) is 0. The number of hydrogen-bond donors (Lipinski definition) is 2. The highest BCUT2D eigenvalue weighted by atomic mass is 16.4. The van der Waals surface area contributed by atoms with Crippen LogP contribution in [0.15, 0.2) is 30.7 Å². The summed E-state index contributed by atoms with van der Waals surface area (Å²) in [4.78, 5) is 26.0. The number of anilines is 2. The average Bonchev–Trinajstić information content (AvgIpc) is 2.61. The topological polar surface area (TPSA) is 91.2 Å². The summed E-state index contributed by atoms with van der Waals surface area (Å²) in [6.45, 7) is 6.20. The maximum absolute atomic E-state index is 11.3. The molecule has 2 aromatic rings. The fraction of sp³-hybridized carbons (Fsp3) is 0.412. The minimum atomic E-state index is -1.03. The Morgan fingerprint density at radius 1 is 1.29 bits per heavy atom. The van der Waals surface area contributed by atoms with Gasteiger partial charge in [-0.1, -0.05) is 6.92 Å². The number of likely N-dealkylation sites (N-methyl/N-ethyl adjacent to an activating group) is 1. The number of carboxylic acid groups (broad SMARTS) is 1. The Morgan fingerprint density at radius 2 is 2.04 bits per heavy atom. The smallest absolute Gasteiger partial charge is 0.341 e. The quantitative estimate of drug-likeness (QED) is 0.730. The summed E-state index contributed by atoms with van der Waals surface area (Å²) < 4.78 is 0. The van der Waals surface area contributed by atoms with E-state index in [2.05, 4.69) is 20.3 Å². The molecule has 0 aliphatic rings. The molecule has 0 aromatic carbocycles.